The van der Waals surface area contributed by atoms with Crippen LogP contribution in [0.25, 0.3) is 10.0 Å². The number of halogens is 3. The molecule has 0 saturated carbocycles. The lowest BCUT2D eigenvalue weighted by atomic mass is 9.99. The largest absolute Gasteiger partial charge is 1.00 e. The number of aliphatic carboxylic acids is 1. The summed E-state index contributed by atoms with van der Waals surface area (Å²) in [7, 11) is 0. The van der Waals surface area contributed by atoms with Gasteiger partial charge in [-0.15, -0.1) is 43.1 Å². The normalized spacial score (nSPS) is 14.4. The molecule has 6 N–H and O–H groups in total. The molecule has 22 heteroatoms. The van der Waals surface area contributed by atoms with Crippen LogP contribution in [0.15, 0.2) is 58.5 Å². The van der Waals surface area contributed by atoms with E-state index >= 15 is 0 Å². The van der Waals surface area contributed by atoms with Crippen LogP contribution in [0.1, 0.15) is 138 Å². The number of quaternary nitrogens is 1. The summed E-state index contributed by atoms with van der Waals surface area (Å²) in [5.41, 5.74) is 16.5. The maximum Gasteiger partial charge on any atom is 0.306 e. The second-order valence-electron chi connectivity index (χ2n) is 18.8. The Morgan fingerprint density at radius 2 is 1.12 bits per heavy atom. The van der Waals surface area contributed by atoms with Crippen LogP contribution in [0.3, 0.4) is 0 Å². The van der Waals surface area contributed by atoms with Gasteiger partial charge in [0, 0.05) is 81.1 Å². The number of nitrogens with two attached hydrogens (primary N) is 1. The molecule has 0 aliphatic carbocycles. The second kappa shape index (κ2) is 27.7. The Bertz CT molecular complexity index is 2980. The minimum atomic E-state index is -0.926. The maximum absolute atomic E-state index is 12.9. The average molecular weight is 1130 g/mol. The van der Waals surface area contributed by atoms with Crippen LogP contribution in [0.5, 0.6) is 0 Å². The first-order valence-corrected chi connectivity index (χ1v) is 26.9. The molecule has 75 heavy (non-hydrogen) atoms. The topological polar surface area (TPSA) is 239 Å². The molecule has 404 valence electrons. The van der Waals surface area contributed by atoms with Crippen LogP contribution in [0.2, 0.25) is 10.0 Å². The van der Waals surface area contributed by atoms with E-state index < -0.39 is 23.7 Å². The van der Waals surface area contributed by atoms with Gasteiger partial charge in [0.1, 0.15) is 45.1 Å². The smallest absolute Gasteiger partial charge is 0.306 e. The summed E-state index contributed by atoms with van der Waals surface area (Å²) in [6.45, 7) is 21.3. The third-order valence-corrected chi connectivity index (χ3v) is 14.8. The van der Waals surface area contributed by atoms with Crippen molar-refractivity contribution in [3.8, 4) is 10.0 Å². The Morgan fingerprint density at radius 1 is 0.680 bits per heavy atom. The molecule has 0 unspecified atom stereocenters. The molecule has 2 aromatic carbocycles. The maximum atomic E-state index is 12.9. The first-order valence-electron chi connectivity index (χ1n) is 24.6. The molecule has 0 amide bonds. The molecule has 2 atom stereocenters. The van der Waals surface area contributed by atoms with Gasteiger partial charge in [-0.2, -0.15) is 0 Å². The molecular weight excluding hydrogens is 1060 g/mol. The lowest BCUT2D eigenvalue weighted by Gasteiger charge is -2.19. The highest BCUT2D eigenvalue weighted by molar-refractivity contribution is 7.15. The van der Waals surface area contributed by atoms with Crippen LogP contribution in [0.4, 0.5) is 0 Å². The van der Waals surface area contributed by atoms with Crippen LogP contribution >= 0.6 is 45.9 Å². The second-order valence-corrected chi connectivity index (χ2v) is 22.1. The van der Waals surface area contributed by atoms with Gasteiger partial charge in [0.2, 0.25) is 0 Å². The van der Waals surface area contributed by atoms with Crippen molar-refractivity contribution < 1.29 is 51.8 Å². The molecule has 0 saturated heterocycles. The van der Waals surface area contributed by atoms with Gasteiger partial charge >= 0.3 is 11.9 Å². The predicted octanol–water partition coefficient (Wildman–Crippen LogP) is 6.16. The molecule has 0 spiro atoms. The van der Waals surface area contributed by atoms with E-state index in [1.165, 1.54) is 15.3 Å². The standard InChI is InChI=1S/C24H28ClN5O2S.C19H17ClN4O2S.C10H21NO3.ClH/c1-14-15(2)33-24-21(14)22(17-6-8-18(25)9-7-17)27-20(23-29-28-16(3)30(23)24)13-19(31)5-4-11-32-12-10-26;1-9-10(2)27-19-16(9)17(12-4-6-13(20)7-5-12)21-14(8-15(25)26)18-23-22-11(3)24(18)19;1-10(2,3)14-9(12)5-4-7-13-8-6-11;/h6-9,20H,4-5,10-13,26H2,1-3H3;4-7,14H,8H2,1-3H3,(H,25,26);4-8,11H2,1-3H3;1H/t20-;14-;;/m00../s1. The van der Waals surface area contributed by atoms with Gasteiger partial charge in [-0.05, 0) is 111 Å². The third-order valence-electron chi connectivity index (χ3n) is 11.9. The number of hydrogen-bond donors (Lipinski definition) is 3. The van der Waals surface area contributed by atoms with Gasteiger partial charge in [0.05, 0.1) is 37.6 Å². The van der Waals surface area contributed by atoms with Crippen molar-refractivity contribution in [1.82, 2.24) is 29.5 Å². The van der Waals surface area contributed by atoms with E-state index in [-0.39, 0.29) is 37.0 Å². The number of thiophene rings is 2. The summed E-state index contributed by atoms with van der Waals surface area (Å²) in [4.78, 5) is 47.9. The molecule has 8 rings (SSSR count). The van der Waals surface area contributed by atoms with Crippen molar-refractivity contribution >= 4 is 75.0 Å². The summed E-state index contributed by atoms with van der Waals surface area (Å²) in [5, 5.41) is 30.0. The lowest BCUT2D eigenvalue weighted by molar-refractivity contribution is -0.374. The first kappa shape index (κ1) is 60.6. The minimum Gasteiger partial charge on any atom is -1.00 e. The van der Waals surface area contributed by atoms with E-state index in [0.29, 0.717) is 80.3 Å². The summed E-state index contributed by atoms with van der Waals surface area (Å²) in [6, 6.07) is 14.1. The molecule has 0 radical (unpaired) electrons. The monoisotopic (exact) mass is 1120 g/mol. The van der Waals surface area contributed by atoms with Gasteiger partial charge in [0.25, 0.3) is 0 Å². The van der Waals surface area contributed by atoms with E-state index in [0.717, 1.165) is 67.4 Å². The number of Topliss-reactive ketones (excluding diaryl/α,β-unsaturated/α-hetero) is 1. The van der Waals surface area contributed by atoms with Crippen molar-refractivity contribution in [2.24, 2.45) is 15.7 Å². The number of rotatable bonds is 18. The third kappa shape index (κ3) is 15.7. The number of ether oxygens (including phenoxy) is 3. The van der Waals surface area contributed by atoms with E-state index in [4.69, 9.17) is 53.1 Å². The molecule has 2 aliphatic heterocycles. The summed E-state index contributed by atoms with van der Waals surface area (Å²) >= 11 is 15.6. The summed E-state index contributed by atoms with van der Waals surface area (Å²) < 4.78 is 19.7. The number of esters is 1. The van der Waals surface area contributed by atoms with Gasteiger partial charge in [-0.1, -0.05) is 47.5 Å². The highest BCUT2D eigenvalue weighted by atomic mass is 35.5. The van der Waals surface area contributed by atoms with Crippen molar-refractivity contribution in [3.05, 3.63) is 125 Å². The number of fused-ring (bicyclic) bond motifs is 6. The Hall–Kier alpha value is -5.22. The molecule has 17 nitrogen and oxygen atoms in total. The Morgan fingerprint density at radius 3 is 1.55 bits per heavy atom. The number of aliphatic imine (C=N–C) groups is 2. The molecular formula is C53H67Cl3N10O7S2. The molecule has 2 aliphatic rings. The van der Waals surface area contributed by atoms with E-state index in [2.05, 4.69) is 58.4 Å². The predicted molar refractivity (Wildman–Crippen MR) is 291 cm³/mol. The van der Waals surface area contributed by atoms with E-state index in [1.807, 2.05) is 87.7 Å². The van der Waals surface area contributed by atoms with Crippen molar-refractivity contribution in [1.29, 1.82) is 0 Å². The molecule has 6 heterocycles. The number of carboxylic acids is 1. The highest BCUT2D eigenvalue weighted by Gasteiger charge is 2.34. The van der Waals surface area contributed by atoms with Gasteiger partial charge in [0.15, 0.2) is 11.6 Å². The zero-order valence-electron chi connectivity index (χ0n) is 44.0. The Kier molecular flexibility index (Phi) is 22.4. The van der Waals surface area contributed by atoms with Crippen molar-refractivity contribution in [2.45, 2.75) is 119 Å². The molecule has 6 aromatic rings. The fourth-order valence-corrected chi connectivity index (χ4v) is 10.9. The van der Waals surface area contributed by atoms with Gasteiger partial charge in [-0.3, -0.25) is 33.5 Å². The summed E-state index contributed by atoms with van der Waals surface area (Å²) in [6.07, 6.45) is 2.36. The number of benzene rings is 2. The fourth-order valence-electron chi connectivity index (χ4n) is 8.22. The number of carbonyl (C=O) groups is 3. The van der Waals surface area contributed by atoms with Crippen molar-refractivity contribution in [3.63, 3.8) is 0 Å². The fraction of sp³-hybridized carbons (Fsp3) is 0.453. The van der Waals surface area contributed by atoms with E-state index in [1.54, 1.807) is 22.7 Å². The van der Waals surface area contributed by atoms with E-state index in [9.17, 15) is 19.5 Å². The average Bonchev–Trinajstić information content (AvgIpc) is 4.04. The zero-order valence-corrected chi connectivity index (χ0v) is 47.9. The highest BCUT2D eigenvalue weighted by Crippen LogP contribution is 2.41. The van der Waals surface area contributed by atoms with Crippen LogP contribution in [-0.4, -0.2) is 109 Å². The number of ketones is 1. The lowest BCUT2D eigenvalue weighted by Crippen LogP contribution is -3.00. The first-order chi connectivity index (χ1) is 35.2. The minimum absolute atomic E-state index is 0. The number of aromatic nitrogens is 6. The van der Waals surface area contributed by atoms with Crippen LogP contribution in [0, 0.1) is 41.5 Å². The molecule has 0 bridgehead atoms. The molecule has 0 fully saturated rings. The number of carboxylic acid groups (broad SMARTS) is 1. The quantitative estimate of drug-likeness (QED) is 0.0648. The van der Waals surface area contributed by atoms with Crippen LogP contribution < -0.4 is 23.9 Å². The SMILES string of the molecule is CC(C)(C)OC(=O)CCCOCCN.Cc1sc2c(c1C)C(c1ccc(Cl)cc1)=N[C@@H](CC(=O)CCCOCC[NH3+])c1nnc(C)n1-2.Cc1sc2c(c1C)C(c1ccc(Cl)cc1)=N[C@@H](CC(=O)O)c1nnc(C)n1-2.[Cl-]. The van der Waals surface area contributed by atoms with Gasteiger partial charge < -0.3 is 43.2 Å². The van der Waals surface area contributed by atoms with Crippen LogP contribution in [-0.2, 0) is 28.6 Å². The number of carbonyl (C=O) groups excluding carboxylic acids is 2. The number of aryl methyl sites for hydroxylation is 4. The Labute approximate surface area is 462 Å². The number of hydrogen-bond acceptors (Lipinski definition) is 15. The molecule has 4 aromatic heterocycles. The number of nitrogens with zero attached hydrogens (tertiary/aromatic N) is 8. The van der Waals surface area contributed by atoms with Crippen molar-refractivity contribution in [2.75, 3.05) is 39.5 Å². The Balaban J connectivity index is 0.000000223. The summed E-state index contributed by atoms with van der Waals surface area (Å²) in [5.74, 6) is 1.82. The van der Waals surface area contributed by atoms with Gasteiger partial charge in [-0.25, -0.2) is 0 Å². The zero-order chi connectivity index (χ0) is 53.9.